The molecule has 0 radical (unpaired) electrons. The van der Waals surface area contributed by atoms with Crippen molar-refractivity contribution in [1.29, 1.82) is 0 Å². The lowest BCUT2D eigenvalue weighted by molar-refractivity contribution is -0.146. The second-order valence-corrected chi connectivity index (χ2v) is 4.90. The number of rotatable bonds is 3. The largest absolute Gasteiger partial charge is 0.469 e. The number of carbonyl (C=O) groups is 1. The number of anilines is 1. The Bertz CT molecular complexity index is 412. The molecule has 1 fully saturated rings. The molecule has 0 amide bonds. The maximum Gasteiger partial charge on any atom is 0.308 e. The second kappa shape index (κ2) is 5.85. The van der Waals surface area contributed by atoms with Crippen molar-refractivity contribution in [3.8, 4) is 0 Å². The van der Waals surface area contributed by atoms with Gasteiger partial charge in [-0.1, -0.05) is 0 Å². The van der Waals surface area contributed by atoms with E-state index in [4.69, 9.17) is 4.74 Å². The highest BCUT2D eigenvalue weighted by Crippen LogP contribution is 2.27. The number of nitrogens with one attached hydrogen (secondary N) is 1. The standard InChI is InChI=1S/C14H20N2O2/c1-10-9-13(7-8-15-10)16-12-5-3-11(4-6-12)14(17)18-2/h7-9,11-12H,3-6H2,1-2H3,(H,15,16). The fourth-order valence-corrected chi connectivity index (χ4v) is 2.51. The van der Waals surface area contributed by atoms with Crippen molar-refractivity contribution in [1.82, 2.24) is 4.98 Å². The van der Waals surface area contributed by atoms with E-state index in [0.29, 0.717) is 6.04 Å². The Hall–Kier alpha value is -1.58. The molecule has 1 aromatic heterocycles. The van der Waals surface area contributed by atoms with Gasteiger partial charge in [0, 0.05) is 23.6 Å². The van der Waals surface area contributed by atoms with Crippen LogP contribution in [0.4, 0.5) is 5.69 Å². The molecule has 1 aliphatic rings. The Morgan fingerprint density at radius 3 is 2.72 bits per heavy atom. The molecule has 1 aliphatic carbocycles. The molecule has 98 valence electrons. The summed E-state index contributed by atoms with van der Waals surface area (Å²) in [7, 11) is 1.46. The van der Waals surface area contributed by atoms with Crippen LogP contribution in [0.2, 0.25) is 0 Å². The molecular weight excluding hydrogens is 228 g/mol. The molecule has 1 N–H and O–H groups in total. The van der Waals surface area contributed by atoms with E-state index in [9.17, 15) is 4.79 Å². The summed E-state index contributed by atoms with van der Waals surface area (Å²) < 4.78 is 4.79. The number of methoxy groups -OCH3 is 1. The van der Waals surface area contributed by atoms with Crippen molar-refractivity contribution in [3.05, 3.63) is 24.0 Å². The lowest BCUT2D eigenvalue weighted by Crippen LogP contribution is -2.29. The molecule has 2 rings (SSSR count). The van der Waals surface area contributed by atoms with Gasteiger partial charge in [0.1, 0.15) is 0 Å². The van der Waals surface area contributed by atoms with Gasteiger partial charge in [0.05, 0.1) is 13.0 Å². The number of ether oxygens (including phenoxy) is 1. The minimum atomic E-state index is -0.0618. The Labute approximate surface area is 108 Å². The highest BCUT2D eigenvalue weighted by Gasteiger charge is 2.26. The maximum absolute atomic E-state index is 11.4. The predicted octanol–water partition coefficient (Wildman–Crippen LogP) is 2.53. The molecule has 4 heteroatoms. The van der Waals surface area contributed by atoms with Crippen LogP contribution < -0.4 is 5.32 Å². The molecule has 4 nitrogen and oxygen atoms in total. The van der Waals surface area contributed by atoms with Crippen LogP contribution in [0.1, 0.15) is 31.4 Å². The summed E-state index contributed by atoms with van der Waals surface area (Å²) in [6.07, 6.45) is 5.67. The van der Waals surface area contributed by atoms with Gasteiger partial charge in [-0.3, -0.25) is 9.78 Å². The SMILES string of the molecule is COC(=O)C1CCC(Nc2ccnc(C)c2)CC1. The highest BCUT2D eigenvalue weighted by molar-refractivity contribution is 5.72. The van der Waals surface area contributed by atoms with Crippen LogP contribution in [0.25, 0.3) is 0 Å². The fourth-order valence-electron chi connectivity index (χ4n) is 2.51. The van der Waals surface area contributed by atoms with Crippen molar-refractivity contribution < 1.29 is 9.53 Å². The van der Waals surface area contributed by atoms with Crippen molar-refractivity contribution >= 4 is 11.7 Å². The molecule has 0 spiro atoms. The van der Waals surface area contributed by atoms with Gasteiger partial charge < -0.3 is 10.1 Å². The second-order valence-electron chi connectivity index (χ2n) is 4.90. The normalized spacial score (nSPS) is 23.4. The van der Waals surface area contributed by atoms with Gasteiger partial charge in [-0.05, 0) is 44.7 Å². The Balaban J connectivity index is 1.85. The molecule has 0 atom stereocenters. The quantitative estimate of drug-likeness (QED) is 0.835. The Kier molecular flexibility index (Phi) is 4.18. The van der Waals surface area contributed by atoms with Crippen molar-refractivity contribution in [3.63, 3.8) is 0 Å². The first kappa shape index (κ1) is 12.9. The van der Waals surface area contributed by atoms with Gasteiger partial charge in [0.2, 0.25) is 0 Å². The molecule has 0 aliphatic heterocycles. The number of pyridine rings is 1. The molecule has 18 heavy (non-hydrogen) atoms. The molecule has 0 saturated heterocycles. The summed E-state index contributed by atoms with van der Waals surface area (Å²) in [6, 6.07) is 4.49. The van der Waals surface area contributed by atoms with Crippen LogP contribution in [-0.2, 0) is 9.53 Å². The zero-order valence-electron chi connectivity index (χ0n) is 11.0. The maximum atomic E-state index is 11.4. The van der Waals surface area contributed by atoms with E-state index >= 15 is 0 Å². The minimum Gasteiger partial charge on any atom is -0.469 e. The number of hydrogen-bond acceptors (Lipinski definition) is 4. The van der Waals surface area contributed by atoms with E-state index in [1.165, 1.54) is 7.11 Å². The lowest BCUT2D eigenvalue weighted by atomic mass is 9.86. The van der Waals surface area contributed by atoms with Crippen LogP contribution in [0, 0.1) is 12.8 Å². The zero-order valence-corrected chi connectivity index (χ0v) is 11.0. The monoisotopic (exact) mass is 248 g/mol. The van der Waals surface area contributed by atoms with Crippen LogP contribution in [0.5, 0.6) is 0 Å². The highest BCUT2D eigenvalue weighted by atomic mass is 16.5. The summed E-state index contributed by atoms with van der Waals surface area (Å²) in [6.45, 7) is 1.99. The van der Waals surface area contributed by atoms with Crippen molar-refractivity contribution in [2.45, 2.75) is 38.6 Å². The topological polar surface area (TPSA) is 51.2 Å². The number of esters is 1. The summed E-state index contributed by atoms with van der Waals surface area (Å²) in [5, 5.41) is 3.51. The van der Waals surface area contributed by atoms with E-state index in [2.05, 4.69) is 10.3 Å². The zero-order chi connectivity index (χ0) is 13.0. The smallest absolute Gasteiger partial charge is 0.308 e. The van der Waals surface area contributed by atoms with E-state index < -0.39 is 0 Å². The van der Waals surface area contributed by atoms with Crippen molar-refractivity contribution in [2.75, 3.05) is 12.4 Å². The third kappa shape index (κ3) is 3.22. The average molecular weight is 248 g/mol. The molecule has 1 saturated carbocycles. The number of hydrogen-bond donors (Lipinski definition) is 1. The molecule has 1 aromatic rings. The molecule has 1 heterocycles. The molecule has 0 unspecified atom stereocenters. The lowest BCUT2D eigenvalue weighted by Gasteiger charge is -2.28. The Morgan fingerprint density at radius 1 is 1.39 bits per heavy atom. The van der Waals surface area contributed by atoms with E-state index in [1.54, 1.807) is 0 Å². The van der Waals surface area contributed by atoms with Crippen LogP contribution in [-0.4, -0.2) is 24.1 Å². The summed E-state index contributed by atoms with van der Waals surface area (Å²) >= 11 is 0. The minimum absolute atomic E-state index is 0.0618. The van der Waals surface area contributed by atoms with Gasteiger partial charge >= 0.3 is 5.97 Å². The first-order chi connectivity index (χ1) is 8.69. The number of aromatic nitrogens is 1. The van der Waals surface area contributed by atoms with Gasteiger partial charge in [-0.15, -0.1) is 0 Å². The molecule has 0 bridgehead atoms. The third-order valence-electron chi connectivity index (χ3n) is 3.53. The molecular formula is C14H20N2O2. The molecule has 0 aromatic carbocycles. The predicted molar refractivity (Wildman–Crippen MR) is 70.4 cm³/mol. The van der Waals surface area contributed by atoms with Crippen LogP contribution >= 0.6 is 0 Å². The van der Waals surface area contributed by atoms with E-state index in [0.717, 1.165) is 37.1 Å². The average Bonchev–Trinajstić information content (AvgIpc) is 2.39. The van der Waals surface area contributed by atoms with Gasteiger partial charge in [-0.2, -0.15) is 0 Å². The van der Waals surface area contributed by atoms with Gasteiger partial charge in [-0.25, -0.2) is 0 Å². The van der Waals surface area contributed by atoms with Gasteiger partial charge in [0.25, 0.3) is 0 Å². The van der Waals surface area contributed by atoms with Gasteiger partial charge in [0.15, 0.2) is 0 Å². The summed E-state index contributed by atoms with van der Waals surface area (Å²) in [5.41, 5.74) is 2.13. The van der Waals surface area contributed by atoms with E-state index in [1.807, 2.05) is 25.3 Å². The number of nitrogens with zero attached hydrogens (tertiary/aromatic N) is 1. The van der Waals surface area contributed by atoms with Crippen LogP contribution in [0.15, 0.2) is 18.3 Å². The Morgan fingerprint density at radius 2 is 2.11 bits per heavy atom. The van der Waals surface area contributed by atoms with E-state index in [-0.39, 0.29) is 11.9 Å². The third-order valence-corrected chi connectivity index (χ3v) is 3.53. The van der Waals surface area contributed by atoms with Crippen LogP contribution in [0.3, 0.4) is 0 Å². The summed E-state index contributed by atoms with van der Waals surface area (Å²) in [5.74, 6) is 0.0282. The summed E-state index contributed by atoms with van der Waals surface area (Å²) in [4.78, 5) is 15.6. The fraction of sp³-hybridized carbons (Fsp3) is 0.571. The van der Waals surface area contributed by atoms with Crippen molar-refractivity contribution in [2.24, 2.45) is 5.92 Å². The number of aryl methyl sites for hydroxylation is 1. The first-order valence-electron chi connectivity index (χ1n) is 6.46. The number of carbonyl (C=O) groups excluding carboxylic acids is 1. The first-order valence-corrected chi connectivity index (χ1v) is 6.46.